The van der Waals surface area contributed by atoms with E-state index in [-0.39, 0.29) is 5.54 Å². The number of carbonyl (C=O) groups is 1. The van der Waals surface area contributed by atoms with Gasteiger partial charge in [0.1, 0.15) is 0 Å². The van der Waals surface area contributed by atoms with Gasteiger partial charge in [-0.3, -0.25) is 10.3 Å². The molecule has 1 saturated carbocycles. The van der Waals surface area contributed by atoms with E-state index < -0.39 is 12.3 Å². The van der Waals surface area contributed by atoms with Gasteiger partial charge in [-0.05, 0) is 43.2 Å². The molecule has 3 aliphatic heterocycles. The van der Waals surface area contributed by atoms with Crippen molar-refractivity contribution in [2.24, 2.45) is 11.8 Å². The molecule has 11 heteroatoms. The van der Waals surface area contributed by atoms with E-state index in [1.807, 2.05) is 12.1 Å². The molecule has 3 saturated heterocycles. The normalized spacial score (nSPS) is 26.6. The molecule has 0 aromatic carbocycles. The number of ether oxygens (including phenoxy) is 1. The number of hydrogen-bond acceptors (Lipinski definition) is 8. The Labute approximate surface area is 219 Å². The average Bonchev–Trinajstić information content (AvgIpc) is 3.42. The zero-order valence-corrected chi connectivity index (χ0v) is 21.5. The second-order valence-corrected chi connectivity index (χ2v) is 11.4. The summed E-state index contributed by atoms with van der Waals surface area (Å²) in [6.45, 7) is 5.67. The minimum atomic E-state index is -0.577. The largest absolute Gasteiger partial charge is 0.427 e. The second-order valence-electron chi connectivity index (χ2n) is 11.0. The van der Waals surface area contributed by atoms with Crippen molar-refractivity contribution in [3.8, 4) is 11.3 Å². The van der Waals surface area contributed by atoms with Crippen LogP contribution in [-0.2, 0) is 16.1 Å². The second kappa shape index (κ2) is 8.82. The molecule has 6 heterocycles. The molecule has 1 atom stereocenters. The van der Waals surface area contributed by atoms with Crippen LogP contribution in [0.1, 0.15) is 50.9 Å². The third kappa shape index (κ3) is 3.93. The molecule has 1 aliphatic carbocycles. The zero-order chi connectivity index (χ0) is 25.1. The molecule has 1 amide bonds. The summed E-state index contributed by atoms with van der Waals surface area (Å²) in [5.41, 5.74) is 6.71. The van der Waals surface area contributed by atoms with Crippen molar-refractivity contribution >= 4 is 34.7 Å². The molecule has 1 unspecified atom stereocenters. The Bertz CT molecular complexity index is 1360. The van der Waals surface area contributed by atoms with E-state index in [2.05, 4.69) is 32.2 Å². The van der Waals surface area contributed by atoms with Gasteiger partial charge in [0, 0.05) is 31.0 Å². The molecule has 2 N–H and O–H groups in total. The fourth-order valence-electron chi connectivity index (χ4n) is 6.12. The summed E-state index contributed by atoms with van der Waals surface area (Å²) in [6, 6.07) is 3.82. The lowest BCUT2D eigenvalue weighted by Gasteiger charge is -2.58. The molecule has 10 nitrogen and oxygen atoms in total. The first kappa shape index (κ1) is 23.2. The summed E-state index contributed by atoms with van der Waals surface area (Å²) in [6.07, 6.45) is 8.33. The highest BCUT2D eigenvalue weighted by Gasteiger charge is 2.52. The minimum Gasteiger partial charge on any atom is -0.376 e. The Kier molecular flexibility index (Phi) is 5.53. The fourth-order valence-corrected chi connectivity index (χ4v) is 6.29. The number of rotatable bonds is 5. The van der Waals surface area contributed by atoms with E-state index in [0.29, 0.717) is 16.6 Å². The monoisotopic (exact) mass is 523 g/mol. The maximum absolute atomic E-state index is 11.8. The Morgan fingerprint density at radius 1 is 1.16 bits per heavy atom. The number of pyridine rings is 2. The fraction of sp³-hybridized carbons (Fsp3) is 0.538. The van der Waals surface area contributed by atoms with Crippen molar-refractivity contribution < 1.29 is 14.4 Å². The standard InChI is InChI=1S/C26H30ClN7O3/c1-15-2-4-16(5-3-15)12-33-22-19(30-24(33)34-7-6-26(34)13-36-14-26)9-20(23-31-25(35)37-32-23)29-21(22)17-8-18(27)11-28-10-17/h8-11,15-16,23,32H,2-7,12-14H2,1H3,(H,31,35). The van der Waals surface area contributed by atoms with Crippen LogP contribution in [0, 0.1) is 11.8 Å². The van der Waals surface area contributed by atoms with Crippen LogP contribution in [0.25, 0.3) is 22.3 Å². The number of nitrogens with zero attached hydrogens (tertiary/aromatic N) is 5. The van der Waals surface area contributed by atoms with E-state index in [1.54, 1.807) is 12.4 Å². The van der Waals surface area contributed by atoms with Gasteiger partial charge in [0.25, 0.3) is 0 Å². The third-order valence-electron chi connectivity index (χ3n) is 8.46. The van der Waals surface area contributed by atoms with Crippen LogP contribution in [-0.4, -0.2) is 50.9 Å². The number of aromatic nitrogens is 4. The summed E-state index contributed by atoms with van der Waals surface area (Å²) >= 11 is 6.37. The van der Waals surface area contributed by atoms with Gasteiger partial charge in [-0.1, -0.05) is 31.4 Å². The number of anilines is 1. The number of hydroxylamine groups is 1. The first-order valence-corrected chi connectivity index (χ1v) is 13.5. The van der Waals surface area contributed by atoms with Gasteiger partial charge >= 0.3 is 6.09 Å². The molecular weight excluding hydrogens is 494 g/mol. The van der Waals surface area contributed by atoms with Crippen LogP contribution in [0.3, 0.4) is 0 Å². The van der Waals surface area contributed by atoms with Gasteiger partial charge in [0.05, 0.1) is 46.2 Å². The first-order valence-electron chi connectivity index (χ1n) is 13.1. The molecule has 3 aromatic rings. The van der Waals surface area contributed by atoms with E-state index in [9.17, 15) is 4.79 Å². The topological polar surface area (TPSA) is 106 Å². The Balaban J connectivity index is 1.41. The highest BCUT2D eigenvalue weighted by molar-refractivity contribution is 6.30. The molecule has 1 spiro atoms. The van der Waals surface area contributed by atoms with Crippen molar-refractivity contribution in [1.82, 2.24) is 30.3 Å². The number of amides is 1. The number of imidazole rings is 1. The van der Waals surface area contributed by atoms with Gasteiger partial charge in [0.2, 0.25) is 5.95 Å². The van der Waals surface area contributed by atoms with Crippen LogP contribution in [0.4, 0.5) is 10.7 Å². The van der Waals surface area contributed by atoms with Gasteiger partial charge in [-0.25, -0.2) is 14.8 Å². The Morgan fingerprint density at radius 2 is 2.00 bits per heavy atom. The molecule has 3 aromatic heterocycles. The number of nitrogens with one attached hydrogen (secondary N) is 2. The zero-order valence-electron chi connectivity index (χ0n) is 20.7. The Hall–Kier alpha value is -2.95. The van der Waals surface area contributed by atoms with Crippen molar-refractivity contribution in [2.75, 3.05) is 24.7 Å². The molecule has 0 bridgehead atoms. The number of carbonyl (C=O) groups excluding carboxylic acids is 1. The lowest BCUT2D eigenvalue weighted by atomic mass is 9.82. The average molecular weight is 524 g/mol. The predicted molar refractivity (Wildman–Crippen MR) is 138 cm³/mol. The first-order chi connectivity index (χ1) is 18.0. The van der Waals surface area contributed by atoms with Gasteiger partial charge in [-0.15, -0.1) is 5.48 Å². The minimum absolute atomic E-state index is 0.0447. The summed E-state index contributed by atoms with van der Waals surface area (Å²) in [5.74, 6) is 2.34. The maximum atomic E-state index is 11.8. The summed E-state index contributed by atoms with van der Waals surface area (Å²) < 4.78 is 8.01. The number of fused-ring (bicyclic) bond motifs is 1. The van der Waals surface area contributed by atoms with Crippen molar-refractivity contribution in [2.45, 2.75) is 57.3 Å². The van der Waals surface area contributed by atoms with Gasteiger partial charge in [0.15, 0.2) is 6.17 Å². The SMILES string of the molecule is CC1CCC(Cn2c(N3CCC34COC4)nc3cc(C4NOC(=O)N4)nc(-c4cncc(Cl)c4)c32)CC1. The smallest absolute Gasteiger partial charge is 0.376 e. The van der Waals surface area contributed by atoms with Crippen LogP contribution in [0.15, 0.2) is 24.5 Å². The molecular formula is C26H30ClN7O3. The summed E-state index contributed by atoms with van der Waals surface area (Å²) in [7, 11) is 0. The Morgan fingerprint density at radius 3 is 2.65 bits per heavy atom. The van der Waals surface area contributed by atoms with E-state index in [4.69, 9.17) is 31.1 Å². The molecule has 4 fully saturated rings. The van der Waals surface area contributed by atoms with Gasteiger partial charge in [-0.2, -0.15) is 0 Å². The van der Waals surface area contributed by atoms with Crippen molar-refractivity contribution in [3.05, 3.63) is 35.2 Å². The van der Waals surface area contributed by atoms with Crippen LogP contribution < -0.4 is 15.7 Å². The lowest BCUT2D eigenvalue weighted by Crippen LogP contribution is -2.71. The van der Waals surface area contributed by atoms with Crippen LogP contribution >= 0.6 is 11.6 Å². The molecule has 4 aliphatic rings. The van der Waals surface area contributed by atoms with Gasteiger partial charge < -0.3 is 19.0 Å². The summed E-state index contributed by atoms with van der Waals surface area (Å²) in [5, 5.41) is 3.29. The maximum Gasteiger partial charge on any atom is 0.427 e. The van der Waals surface area contributed by atoms with E-state index in [1.165, 1.54) is 25.7 Å². The highest BCUT2D eigenvalue weighted by atomic mass is 35.5. The molecule has 7 rings (SSSR count). The van der Waals surface area contributed by atoms with E-state index in [0.717, 1.165) is 66.9 Å². The summed E-state index contributed by atoms with van der Waals surface area (Å²) in [4.78, 5) is 33.7. The molecule has 37 heavy (non-hydrogen) atoms. The third-order valence-corrected chi connectivity index (χ3v) is 8.67. The molecule has 194 valence electrons. The lowest BCUT2D eigenvalue weighted by molar-refractivity contribution is -0.0859. The molecule has 0 radical (unpaired) electrons. The highest BCUT2D eigenvalue weighted by Crippen LogP contribution is 2.44. The number of hydrogen-bond donors (Lipinski definition) is 2. The number of halogens is 1. The predicted octanol–water partition coefficient (Wildman–Crippen LogP) is 4.20. The van der Waals surface area contributed by atoms with Crippen LogP contribution in [0.5, 0.6) is 0 Å². The van der Waals surface area contributed by atoms with E-state index >= 15 is 0 Å². The van der Waals surface area contributed by atoms with Crippen molar-refractivity contribution in [3.63, 3.8) is 0 Å². The van der Waals surface area contributed by atoms with Crippen LogP contribution in [0.2, 0.25) is 5.02 Å². The quantitative estimate of drug-likeness (QED) is 0.512. The van der Waals surface area contributed by atoms with Crippen molar-refractivity contribution in [1.29, 1.82) is 0 Å².